The summed E-state index contributed by atoms with van der Waals surface area (Å²) in [5.74, 6) is 1.68. The summed E-state index contributed by atoms with van der Waals surface area (Å²) in [6, 6.07) is 0.638. The second-order valence-electron chi connectivity index (χ2n) is 7.32. The number of hydrogen-bond acceptors (Lipinski definition) is 3. The Kier molecular flexibility index (Phi) is 4.29. The van der Waals surface area contributed by atoms with E-state index in [0.717, 1.165) is 24.1 Å². The van der Waals surface area contributed by atoms with Crippen molar-refractivity contribution < 1.29 is 0 Å². The molecule has 19 heavy (non-hydrogen) atoms. The van der Waals surface area contributed by atoms with E-state index in [1.165, 1.54) is 19.3 Å². The van der Waals surface area contributed by atoms with Crippen LogP contribution < -0.4 is 5.32 Å². The molecule has 1 aliphatic carbocycles. The molecule has 2 unspecified atom stereocenters. The Hall–Kier alpha value is -0.900. The molecule has 0 saturated heterocycles. The molecule has 1 aromatic heterocycles. The fourth-order valence-corrected chi connectivity index (χ4v) is 3.07. The first-order valence-electron chi connectivity index (χ1n) is 7.49. The summed E-state index contributed by atoms with van der Waals surface area (Å²) < 4.78 is 1.94. The van der Waals surface area contributed by atoms with Crippen LogP contribution in [0.1, 0.15) is 59.6 Å². The molecule has 1 fully saturated rings. The second-order valence-corrected chi connectivity index (χ2v) is 7.32. The zero-order chi connectivity index (χ0) is 14.0. The third kappa shape index (κ3) is 4.03. The first kappa shape index (κ1) is 14.5. The lowest BCUT2D eigenvalue weighted by atomic mass is 9.80. The Bertz CT molecular complexity index is 395. The topological polar surface area (TPSA) is 42.7 Å². The van der Waals surface area contributed by atoms with Gasteiger partial charge in [0.15, 0.2) is 0 Å². The van der Waals surface area contributed by atoms with Crippen molar-refractivity contribution in [2.45, 2.75) is 72.0 Å². The van der Waals surface area contributed by atoms with Crippen LogP contribution in [0.3, 0.4) is 0 Å². The van der Waals surface area contributed by atoms with Gasteiger partial charge in [-0.2, -0.15) is 0 Å². The minimum atomic E-state index is 0.0130. The van der Waals surface area contributed by atoms with Gasteiger partial charge in [0.2, 0.25) is 0 Å². The minimum Gasteiger partial charge on any atom is -0.308 e. The Labute approximate surface area is 117 Å². The van der Waals surface area contributed by atoms with Crippen LogP contribution in [0, 0.1) is 11.8 Å². The molecular formula is C15H28N4. The highest BCUT2D eigenvalue weighted by Gasteiger charge is 2.23. The Morgan fingerprint density at radius 1 is 1.21 bits per heavy atom. The third-order valence-electron chi connectivity index (χ3n) is 3.98. The van der Waals surface area contributed by atoms with Gasteiger partial charge in [0.25, 0.3) is 0 Å². The molecule has 0 bridgehead atoms. The summed E-state index contributed by atoms with van der Waals surface area (Å²) in [7, 11) is 0. The second kappa shape index (κ2) is 5.61. The number of nitrogens with one attached hydrogen (secondary N) is 1. The molecule has 108 valence electrons. The lowest BCUT2D eigenvalue weighted by Gasteiger charge is -2.31. The van der Waals surface area contributed by atoms with Gasteiger partial charge < -0.3 is 5.32 Å². The van der Waals surface area contributed by atoms with Crippen LogP contribution in [0.2, 0.25) is 0 Å². The molecule has 1 heterocycles. The van der Waals surface area contributed by atoms with E-state index in [0.29, 0.717) is 6.04 Å². The molecular weight excluding hydrogens is 236 g/mol. The van der Waals surface area contributed by atoms with E-state index in [2.05, 4.69) is 56.4 Å². The first-order valence-corrected chi connectivity index (χ1v) is 7.49. The predicted molar refractivity (Wildman–Crippen MR) is 77.8 cm³/mol. The number of rotatable bonds is 3. The van der Waals surface area contributed by atoms with Crippen LogP contribution in [0.4, 0.5) is 0 Å². The molecule has 0 spiro atoms. The Morgan fingerprint density at radius 2 is 1.84 bits per heavy atom. The van der Waals surface area contributed by atoms with Crippen LogP contribution in [0.25, 0.3) is 0 Å². The van der Waals surface area contributed by atoms with Gasteiger partial charge in [-0.15, -0.1) is 5.10 Å². The number of nitrogens with zero attached hydrogens (tertiary/aromatic N) is 3. The molecule has 4 heteroatoms. The van der Waals surface area contributed by atoms with Gasteiger partial charge in [0, 0.05) is 12.6 Å². The normalized spacial score (nSPS) is 28.6. The number of hydrogen-bond donors (Lipinski definition) is 1. The smallest absolute Gasteiger partial charge is 0.0965 e. The summed E-state index contributed by atoms with van der Waals surface area (Å²) in [6.07, 6.45) is 6.01. The molecule has 0 radical (unpaired) electrons. The van der Waals surface area contributed by atoms with E-state index < -0.39 is 0 Å². The molecule has 1 aliphatic rings. The van der Waals surface area contributed by atoms with Crippen molar-refractivity contribution in [1.29, 1.82) is 0 Å². The van der Waals surface area contributed by atoms with Gasteiger partial charge in [0.05, 0.1) is 17.4 Å². The quantitative estimate of drug-likeness (QED) is 0.912. The molecule has 2 rings (SSSR count). The summed E-state index contributed by atoms with van der Waals surface area (Å²) in [4.78, 5) is 0. The SMILES string of the molecule is CC1CC(C)CC(NCc2cn(C(C)(C)C)nn2)C1. The number of aromatic nitrogens is 3. The van der Waals surface area contributed by atoms with Gasteiger partial charge in [0.1, 0.15) is 0 Å². The predicted octanol–water partition coefficient (Wildman–Crippen LogP) is 2.95. The van der Waals surface area contributed by atoms with Gasteiger partial charge >= 0.3 is 0 Å². The molecule has 0 aromatic carbocycles. The molecule has 0 aliphatic heterocycles. The zero-order valence-electron chi connectivity index (χ0n) is 13.0. The van der Waals surface area contributed by atoms with E-state index in [1.807, 2.05) is 4.68 Å². The van der Waals surface area contributed by atoms with Gasteiger partial charge in [-0.1, -0.05) is 19.1 Å². The van der Waals surface area contributed by atoms with Crippen LogP contribution >= 0.6 is 0 Å². The Balaban J connectivity index is 1.87. The highest BCUT2D eigenvalue weighted by atomic mass is 15.4. The van der Waals surface area contributed by atoms with Crippen molar-refractivity contribution in [2.75, 3.05) is 0 Å². The van der Waals surface area contributed by atoms with Gasteiger partial charge in [-0.25, -0.2) is 4.68 Å². The lowest BCUT2D eigenvalue weighted by molar-refractivity contribution is 0.237. The van der Waals surface area contributed by atoms with Crippen molar-refractivity contribution >= 4 is 0 Å². The summed E-state index contributed by atoms with van der Waals surface area (Å²) >= 11 is 0. The molecule has 0 amide bonds. The monoisotopic (exact) mass is 264 g/mol. The summed E-state index contributed by atoms with van der Waals surface area (Å²) in [5, 5.41) is 12.1. The molecule has 1 aromatic rings. The maximum atomic E-state index is 4.26. The maximum absolute atomic E-state index is 4.26. The van der Waals surface area contributed by atoms with E-state index in [4.69, 9.17) is 0 Å². The lowest BCUT2D eigenvalue weighted by Crippen LogP contribution is -2.36. The maximum Gasteiger partial charge on any atom is 0.0965 e. The molecule has 1 saturated carbocycles. The van der Waals surface area contributed by atoms with Crippen LogP contribution in [-0.4, -0.2) is 21.0 Å². The van der Waals surface area contributed by atoms with Crippen molar-refractivity contribution in [3.05, 3.63) is 11.9 Å². The van der Waals surface area contributed by atoms with Gasteiger partial charge in [-0.05, 0) is 51.9 Å². The molecule has 4 nitrogen and oxygen atoms in total. The van der Waals surface area contributed by atoms with E-state index in [-0.39, 0.29) is 5.54 Å². The van der Waals surface area contributed by atoms with Crippen molar-refractivity contribution in [3.8, 4) is 0 Å². The average molecular weight is 264 g/mol. The summed E-state index contributed by atoms with van der Waals surface area (Å²) in [6.45, 7) is 12.0. The van der Waals surface area contributed by atoms with Crippen LogP contribution in [0.15, 0.2) is 6.20 Å². The zero-order valence-corrected chi connectivity index (χ0v) is 13.0. The van der Waals surface area contributed by atoms with E-state index in [9.17, 15) is 0 Å². The third-order valence-corrected chi connectivity index (χ3v) is 3.98. The van der Waals surface area contributed by atoms with E-state index >= 15 is 0 Å². The highest BCUT2D eigenvalue weighted by molar-refractivity contribution is 4.95. The van der Waals surface area contributed by atoms with E-state index in [1.54, 1.807) is 0 Å². The van der Waals surface area contributed by atoms with Crippen LogP contribution in [0.5, 0.6) is 0 Å². The fourth-order valence-electron chi connectivity index (χ4n) is 3.07. The highest BCUT2D eigenvalue weighted by Crippen LogP contribution is 2.28. The minimum absolute atomic E-state index is 0.0130. The standard InChI is InChI=1S/C15H28N4/c1-11-6-12(2)8-13(7-11)16-9-14-10-19(18-17-14)15(3,4)5/h10-13,16H,6-9H2,1-5H3. The first-order chi connectivity index (χ1) is 8.84. The average Bonchev–Trinajstić information content (AvgIpc) is 2.73. The Morgan fingerprint density at radius 3 is 2.37 bits per heavy atom. The van der Waals surface area contributed by atoms with Crippen molar-refractivity contribution in [3.63, 3.8) is 0 Å². The summed E-state index contributed by atoms with van der Waals surface area (Å²) in [5.41, 5.74) is 1.06. The van der Waals surface area contributed by atoms with Crippen LogP contribution in [-0.2, 0) is 12.1 Å². The largest absolute Gasteiger partial charge is 0.308 e. The molecule has 2 atom stereocenters. The van der Waals surface area contributed by atoms with Crippen molar-refractivity contribution in [2.24, 2.45) is 11.8 Å². The fraction of sp³-hybridized carbons (Fsp3) is 0.867. The van der Waals surface area contributed by atoms with Gasteiger partial charge in [-0.3, -0.25) is 0 Å². The molecule has 1 N–H and O–H groups in total. The van der Waals surface area contributed by atoms with Crippen molar-refractivity contribution in [1.82, 2.24) is 20.3 Å².